The molecule has 3 nitrogen and oxygen atoms in total. The van der Waals surface area contributed by atoms with Crippen molar-refractivity contribution in [2.45, 2.75) is 94.3 Å². The van der Waals surface area contributed by atoms with Crippen LogP contribution in [0.1, 0.15) is 82.6 Å². The van der Waals surface area contributed by atoms with Gasteiger partial charge in [0.2, 0.25) is 0 Å². The summed E-state index contributed by atoms with van der Waals surface area (Å²) in [7, 11) is 4.71. The minimum absolute atomic E-state index is 0.167. The van der Waals surface area contributed by atoms with Crippen molar-refractivity contribution in [3.8, 4) is 0 Å². The highest BCUT2D eigenvalue weighted by Gasteiger charge is 2.70. The summed E-state index contributed by atoms with van der Waals surface area (Å²) >= 11 is 0. The molecule has 0 amide bonds. The van der Waals surface area contributed by atoms with Crippen molar-refractivity contribution in [1.82, 2.24) is 4.98 Å². The molecule has 7 rings (SSSR count). The number of rotatable bonds is 2. The van der Waals surface area contributed by atoms with E-state index < -0.39 is 0 Å². The van der Waals surface area contributed by atoms with Crippen LogP contribution < -0.4 is 4.90 Å². The van der Waals surface area contributed by atoms with Crippen LogP contribution in [0.25, 0.3) is 10.8 Å². The molecule has 33 heavy (non-hydrogen) atoms. The molecule has 0 radical (unpaired) electrons. The van der Waals surface area contributed by atoms with Crippen LogP contribution in [0.15, 0.2) is 36.7 Å². The average molecular weight is 446 g/mol. The minimum Gasteiger partial charge on any atom is -0.367 e. The molecule has 1 aromatic carbocycles. The molecule has 5 unspecified atom stereocenters. The van der Waals surface area contributed by atoms with E-state index >= 15 is 0 Å². The Kier molecular flexibility index (Phi) is 4.46. The summed E-state index contributed by atoms with van der Waals surface area (Å²) < 4.78 is 7.57. The molecule has 2 aromatic rings. The van der Waals surface area contributed by atoms with E-state index in [0.717, 1.165) is 23.8 Å². The number of nitrogens with one attached hydrogen (secondary N) is 1. The Bertz CT molecular complexity index is 1080. The maximum absolute atomic E-state index is 7.57. The summed E-state index contributed by atoms with van der Waals surface area (Å²) in [5.41, 5.74) is 2.28. The second kappa shape index (κ2) is 7.04. The molecule has 3 heteroatoms. The number of benzene rings is 1. The predicted octanol–water partition coefficient (Wildman–Crippen LogP) is 5.15. The molecular weight excluding hydrogens is 404 g/mol. The molecule has 176 valence electrons. The Morgan fingerprint density at radius 2 is 1.85 bits per heavy atom. The zero-order valence-corrected chi connectivity index (χ0v) is 20.8. The van der Waals surface area contributed by atoms with Gasteiger partial charge in [-0.25, -0.2) is 0 Å². The fourth-order valence-electron chi connectivity index (χ4n) is 9.96. The summed E-state index contributed by atoms with van der Waals surface area (Å²) in [4.78, 5) is 6.03. The van der Waals surface area contributed by atoms with E-state index in [1.165, 1.54) is 75.0 Å². The first-order valence-electron chi connectivity index (χ1n) is 13.8. The molecular formula is C30H41N2O+. The molecule has 2 aliphatic heterocycles. The summed E-state index contributed by atoms with van der Waals surface area (Å²) in [6, 6.07) is 10.1. The molecule has 2 spiro atoms. The van der Waals surface area contributed by atoms with Gasteiger partial charge in [0.15, 0.2) is 0 Å². The lowest BCUT2D eigenvalue weighted by atomic mass is 9.53. The number of aromatic nitrogens is 1. The first-order chi connectivity index (χ1) is 15.9. The van der Waals surface area contributed by atoms with E-state index in [0.29, 0.717) is 11.3 Å². The average Bonchev–Trinajstić information content (AvgIpc) is 3.33. The Morgan fingerprint density at radius 3 is 2.73 bits per heavy atom. The van der Waals surface area contributed by atoms with Crippen LogP contribution >= 0.6 is 0 Å². The van der Waals surface area contributed by atoms with Gasteiger partial charge in [0, 0.05) is 24.2 Å². The number of quaternary nitrogens is 1. The van der Waals surface area contributed by atoms with Crippen LogP contribution in [0.3, 0.4) is 0 Å². The van der Waals surface area contributed by atoms with Crippen molar-refractivity contribution >= 4 is 10.8 Å². The van der Waals surface area contributed by atoms with Gasteiger partial charge in [0.25, 0.3) is 0 Å². The van der Waals surface area contributed by atoms with Gasteiger partial charge < -0.3 is 9.64 Å². The summed E-state index contributed by atoms with van der Waals surface area (Å²) in [6.07, 6.45) is 17.6. The second-order valence-corrected chi connectivity index (χ2v) is 13.0. The Labute approximate surface area is 199 Å². The fourth-order valence-corrected chi connectivity index (χ4v) is 9.96. The molecule has 8 atom stereocenters. The molecule has 2 saturated heterocycles. The van der Waals surface area contributed by atoms with E-state index in [1.54, 1.807) is 10.5 Å². The Hall–Kier alpha value is -1.45. The zero-order chi connectivity index (χ0) is 22.4. The molecule has 5 aliphatic rings. The van der Waals surface area contributed by atoms with Gasteiger partial charge >= 0.3 is 0 Å². The van der Waals surface area contributed by atoms with Crippen molar-refractivity contribution in [3.05, 3.63) is 42.2 Å². The first kappa shape index (κ1) is 20.9. The largest absolute Gasteiger partial charge is 0.367 e. The molecule has 2 bridgehead atoms. The number of pyridine rings is 1. The van der Waals surface area contributed by atoms with Crippen molar-refractivity contribution < 1.29 is 9.64 Å². The van der Waals surface area contributed by atoms with Gasteiger partial charge in [-0.1, -0.05) is 19.1 Å². The normalized spacial score (nSPS) is 46.2. The highest BCUT2D eigenvalue weighted by Crippen LogP contribution is 2.71. The Balaban J connectivity index is 1.23. The van der Waals surface area contributed by atoms with Crippen LogP contribution in [0.2, 0.25) is 0 Å². The van der Waals surface area contributed by atoms with Crippen LogP contribution in [-0.4, -0.2) is 36.3 Å². The third-order valence-corrected chi connectivity index (χ3v) is 11.6. The summed E-state index contributed by atoms with van der Waals surface area (Å²) in [5.74, 6) is 3.01. The third-order valence-electron chi connectivity index (χ3n) is 11.6. The molecule has 1 aromatic heterocycles. The van der Waals surface area contributed by atoms with Gasteiger partial charge in [-0.15, -0.1) is 0 Å². The van der Waals surface area contributed by atoms with E-state index in [-0.39, 0.29) is 11.2 Å². The summed E-state index contributed by atoms with van der Waals surface area (Å²) in [6.45, 7) is 2.64. The molecule has 5 fully saturated rings. The molecule has 3 heterocycles. The van der Waals surface area contributed by atoms with Crippen LogP contribution in [0.5, 0.6) is 0 Å². The monoisotopic (exact) mass is 445 g/mol. The van der Waals surface area contributed by atoms with E-state index in [4.69, 9.17) is 4.74 Å². The van der Waals surface area contributed by atoms with Gasteiger partial charge in [0.05, 0.1) is 31.3 Å². The van der Waals surface area contributed by atoms with Gasteiger partial charge in [0.1, 0.15) is 0 Å². The SMILES string of the molecule is C[NH+](C)C1CCC2CC3CCC4(C)C(c5ccc6ccncc6c5)CC[C@H]4[C@@]34CC[C@]2(C1)O4. The number of nitrogens with zero attached hydrogens (tertiary/aromatic N) is 1. The molecule has 3 aliphatic carbocycles. The van der Waals surface area contributed by atoms with Gasteiger partial charge in [-0.05, 0) is 110 Å². The second-order valence-electron chi connectivity index (χ2n) is 13.0. The van der Waals surface area contributed by atoms with Crippen LogP contribution in [0, 0.1) is 23.2 Å². The standard InChI is InChI=1S/C30H40N2O/c1-28-12-10-24-17-23-6-7-25(32(2)3)18-29(23)13-14-30(24,33-29)27(28)9-8-26(28)21-5-4-20-11-15-31-19-22(20)16-21/h4-5,11,15-16,19,23-27H,6-10,12-14,17-18H2,1-3H3/p+1/t23?,24?,25?,26?,27-,28?,29-,30-/m1/s1. The molecule has 3 saturated carbocycles. The smallest absolute Gasteiger partial charge is 0.0898 e. The van der Waals surface area contributed by atoms with Crippen LogP contribution in [-0.2, 0) is 4.74 Å². The maximum atomic E-state index is 7.57. The quantitative estimate of drug-likeness (QED) is 0.692. The van der Waals surface area contributed by atoms with Gasteiger partial charge in [-0.3, -0.25) is 4.98 Å². The van der Waals surface area contributed by atoms with Crippen molar-refractivity contribution in [2.24, 2.45) is 23.2 Å². The lowest BCUT2D eigenvalue weighted by molar-refractivity contribution is -0.888. The van der Waals surface area contributed by atoms with E-state index in [1.807, 2.05) is 12.4 Å². The fraction of sp³-hybridized carbons (Fsp3) is 0.700. The van der Waals surface area contributed by atoms with Gasteiger partial charge in [-0.2, -0.15) is 0 Å². The van der Waals surface area contributed by atoms with Crippen LogP contribution in [0.4, 0.5) is 0 Å². The van der Waals surface area contributed by atoms with Crippen molar-refractivity contribution in [2.75, 3.05) is 14.1 Å². The summed E-state index contributed by atoms with van der Waals surface area (Å²) in [5, 5.41) is 2.61. The number of fused-ring (bicyclic) bond motifs is 2. The minimum atomic E-state index is 0.167. The van der Waals surface area contributed by atoms with Crippen molar-refractivity contribution in [3.63, 3.8) is 0 Å². The first-order valence-corrected chi connectivity index (χ1v) is 13.8. The Morgan fingerprint density at radius 1 is 0.939 bits per heavy atom. The number of hydrogen-bond acceptors (Lipinski definition) is 2. The predicted molar refractivity (Wildman–Crippen MR) is 132 cm³/mol. The van der Waals surface area contributed by atoms with E-state index in [2.05, 4.69) is 50.3 Å². The third kappa shape index (κ3) is 2.79. The highest BCUT2D eigenvalue weighted by molar-refractivity contribution is 5.82. The maximum Gasteiger partial charge on any atom is 0.0898 e. The number of hydrogen-bond donors (Lipinski definition) is 1. The topological polar surface area (TPSA) is 26.6 Å². The zero-order valence-electron chi connectivity index (χ0n) is 20.8. The van der Waals surface area contributed by atoms with Crippen molar-refractivity contribution in [1.29, 1.82) is 0 Å². The number of ether oxygens (including phenoxy) is 1. The lowest BCUT2D eigenvalue weighted by Gasteiger charge is -2.60. The highest BCUT2D eigenvalue weighted by atomic mass is 16.5. The molecule has 1 N–H and O–H groups in total. The van der Waals surface area contributed by atoms with E-state index in [9.17, 15) is 0 Å². The lowest BCUT2D eigenvalue weighted by Crippen LogP contribution is -3.10.